The van der Waals surface area contributed by atoms with Crippen LogP contribution in [0.3, 0.4) is 0 Å². The number of halogens is 1. The van der Waals surface area contributed by atoms with E-state index in [2.05, 4.69) is 9.97 Å². The minimum Gasteiger partial charge on any atom is -0.461 e. The van der Waals surface area contributed by atoms with Crippen LogP contribution in [0.4, 0.5) is 0 Å². The van der Waals surface area contributed by atoms with Gasteiger partial charge in [0.25, 0.3) is 0 Å². The summed E-state index contributed by atoms with van der Waals surface area (Å²) in [6.07, 6.45) is 2.90. The van der Waals surface area contributed by atoms with Crippen LogP contribution in [0.2, 0.25) is 0 Å². The van der Waals surface area contributed by atoms with Crippen LogP contribution in [0.25, 0.3) is 0 Å². The summed E-state index contributed by atoms with van der Waals surface area (Å²) < 4.78 is 4.79. The Morgan fingerprint density at radius 2 is 2.28 bits per heavy atom. The Labute approximate surface area is 110 Å². The van der Waals surface area contributed by atoms with E-state index in [1.54, 1.807) is 13.8 Å². The third-order valence-electron chi connectivity index (χ3n) is 2.63. The summed E-state index contributed by atoms with van der Waals surface area (Å²) in [7, 11) is 0. The van der Waals surface area contributed by atoms with Crippen molar-refractivity contribution in [2.75, 3.05) is 6.61 Å². The zero-order valence-corrected chi connectivity index (χ0v) is 11.0. The molecule has 0 amide bonds. The highest BCUT2D eigenvalue weighted by molar-refractivity contribution is 5.85. The molecule has 0 saturated carbocycles. The Balaban J connectivity index is 0.00000289. The molecule has 0 aliphatic rings. The predicted octanol–water partition coefficient (Wildman–Crippen LogP) is 1.36. The second kappa shape index (κ2) is 6.95. The summed E-state index contributed by atoms with van der Waals surface area (Å²) in [5, 5.41) is 11.2. The van der Waals surface area contributed by atoms with Gasteiger partial charge in [-0.3, -0.25) is 10.1 Å². The van der Waals surface area contributed by atoms with Crippen LogP contribution in [0.15, 0.2) is 12.5 Å². The number of carbonyl (C=O) groups is 1. The van der Waals surface area contributed by atoms with Crippen molar-refractivity contribution < 1.29 is 14.5 Å². The molecule has 0 aliphatic heterocycles. The Bertz CT molecular complexity index is 396. The van der Waals surface area contributed by atoms with Crippen molar-refractivity contribution in [3.63, 3.8) is 0 Å². The van der Waals surface area contributed by atoms with Gasteiger partial charge in [-0.05, 0) is 6.92 Å². The molecule has 1 N–H and O–H groups in total. The van der Waals surface area contributed by atoms with Crippen molar-refractivity contribution in [1.29, 1.82) is 0 Å². The Morgan fingerprint density at radius 3 is 2.67 bits per heavy atom. The summed E-state index contributed by atoms with van der Waals surface area (Å²) >= 11 is 0. The predicted molar refractivity (Wildman–Crippen MR) is 66.2 cm³/mol. The number of nitrogens with one attached hydrogen (secondary N) is 1. The van der Waals surface area contributed by atoms with E-state index in [1.165, 1.54) is 12.5 Å². The van der Waals surface area contributed by atoms with Crippen molar-refractivity contribution in [2.45, 2.75) is 32.2 Å². The van der Waals surface area contributed by atoms with Gasteiger partial charge in [0.05, 0.1) is 19.4 Å². The molecular weight excluding hydrogens is 262 g/mol. The number of ether oxygens (including phenoxy) is 1. The van der Waals surface area contributed by atoms with Crippen molar-refractivity contribution in [2.24, 2.45) is 0 Å². The van der Waals surface area contributed by atoms with Crippen LogP contribution in [-0.4, -0.2) is 33.0 Å². The monoisotopic (exact) mass is 277 g/mol. The number of imidazole rings is 1. The molecule has 1 aromatic heterocycles. The molecule has 1 atom stereocenters. The lowest BCUT2D eigenvalue weighted by molar-refractivity contribution is -0.555. The van der Waals surface area contributed by atoms with Gasteiger partial charge in [-0.15, -0.1) is 12.4 Å². The van der Waals surface area contributed by atoms with Gasteiger partial charge in [0, 0.05) is 23.2 Å². The number of hydrogen-bond acceptors (Lipinski definition) is 5. The van der Waals surface area contributed by atoms with Gasteiger partial charge in [0.1, 0.15) is 0 Å². The zero-order chi connectivity index (χ0) is 12.9. The van der Waals surface area contributed by atoms with E-state index in [0.717, 1.165) is 0 Å². The summed E-state index contributed by atoms with van der Waals surface area (Å²) in [5.74, 6) is -0.804. The van der Waals surface area contributed by atoms with E-state index in [1.807, 2.05) is 0 Å². The molecular formula is C10H16ClN3O4. The number of esters is 1. The van der Waals surface area contributed by atoms with Gasteiger partial charge in [0.15, 0.2) is 0 Å². The molecule has 7 nitrogen and oxygen atoms in total. The van der Waals surface area contributed by atoms with Crippen LogP contribution in [-0.2, 0) is 16.0 Å². The third-order valence-corrected chi connectivity index (χ3v) is 2.63. The number of nitrogens with zero attached hydrogens (tertiary/aromatic N) is 2. The quantitative estimate of drug-likeness (QED) is 0.481. The topological polar surface area (TPSA) is 98.1 Å². The van der Waals surface area contributed by atoms with Gasteiger partial charge in [-0.25, -0.2) is 9.78 Å². The van der Waals surface area contributed by atoms with Crippen molar-refractivity contribution in [3.8, 4) is 0 Å². The van der Waals surface area contributed by atoms with Gasteiger partial charge in [0.2, 0.25) is 0 Å². The number of rotatable bonds is 6. The fraction of sp³-hybridized carbons (Fsp3) is 0.600. The molecule has 0 saturated heterocycles. The summed E-state index contributed by atoms with van der Waals surface area (Å²) in [6, 6.07) is 0. The first-order valence-electron chi connectivity index (χ1n) is 5.35. The minimum absolute atomic E-state index is 0. The van der Waals surface area contributed by atoms with Crippen molar-refractivity contribution in [3.05, 3.63) is 28.3 Å². The van der Waals surface area contributed by atoms with Crippen LogP contribution < -0.4 is 0 Å². The first-order valence-corrected chi connectivity index (χ1v) is 5.35. The number of H-pyrrole nitrogens is 1. The molecule has 0 aliphatic carbocycles. The molecule has 8 heteroatoms. The average Bonchev–Trinajstić information content (AvgIpc) is 2.78. The largest absolute Gasteiger partial charge is 0.461 e. The van der Waals surface area contributed by atoms with E-state index in [0.29, 0.717) is 5.69 Å². The van der Waals surface area contributed by atoms with Gasteiger partial charge < -0.3 is 9.72 Å². The maximum Gasteiger partial charge on any atom is 0.385 e. The fourth-order valence-electron chi connectivity index (χ4n) is 1.57. The number of aromatic nitrogens is 2. The summed E-state index contributed by atoms with van der Waals surface area (Å²) in [5.41, 5.74) is -1.20. The van der Waals surface area contributed by atoms with E-state index in [4.69, 9.17) is 4.74 Å². The van der Waals surface area contributed by atoms with E-state index in [9.17, 15) is 14.9 Å². The number of carbonyl (C=O) groups excluding carboxylic acids is 1. The Hall–Kier alpha value is -1.63. The number of hydrogen-bond donors (Lipinski definition) is 1. The highest BCUT2D eigenvalue weighted by Gasteiger charge is 2.51. The second-order valence-electron chi connectivity index (χ2n) is 3.62. The lowest BCUT2D eigenvalue weighted by atomic mass is 9.91. The molecule has 18 heavy (non-hydrogen) atoms. The summed E-state index contributed by atoms with van der Waals surface area (Å²) in [6.45, 7) is 3.34. The standard InChI is InChI=1S/C10H15N3O4.ClH/c1-3-10(13(15)16,9(14)17-4-2)5-8-6-11-7-12-8;/h6-7H,3-5H2,1-2H3,(H,11,12);1H. The second-order valence-corrected chi connectivity index (χ2v) is 3.62. The van der Waals surface area contributed by atoms with Crippen LogP contribution >= 0.6 is 12.4 Å². The minimum atomic E-state index is -1.73. The molecule has 0 fully saturated rings. The first kappa shape index (κ1) is 16.4. The SMILES string of the molecule is CCOC(=O)C(CC)(Cc1cnc[nH]1)[N+](=O)[O-].Cl. The van der Waals surface area contributed by atoms with E-state index >= 15 is 0 Å². The van der Waals surface area contributed by atoms with Crippen molar-refractivity contribution in [1.82, 2.24) is 9.97 Å². The third kappa shape index (κ3) is 3.19. The normalized spacial score (nSPS) is 13.2. The highest BCUT2D eigenvalue weighted by Crippen LogP contribution is 2.22. The molecule has 1 aromatic rings. The average molecular weight is 278 g/mol. The van der Waals surface area contributed by atoms with Crippen LogP contribution in [0, 0.1) is 10.1 Å². The number of aromatic amines is 1. The van der Waals surface area contributed by atoms with Crippen LogP contribution in [0.1, 0.15) is 26.0 Å². The maximum atomic E-state index is 11.8. The molecule has 0 bridgehead atoms. The molecule has 0 spiro atoms. The Kier molecular flexibility index (Phi) is 6.32. The molecule has 102 valence electrons. The molecule has 1 rings (SSSR count). The molecule has 1 heterocycles. The lowest BCUT2D eigenvalue weighted by Crippen LogP contribution is -2.49. The van der Waals surface area contributed by atoms with Gasteiger partial charge >= 0.3 is 11.5 Å². The van der Waals surface area contributed by atoms with Gasteiger partial charge in [-0.2, -0.15) is 0 Å². The number of nitro groups is 1. The Morgan fingerprint density at radius 1 is 1.61 bits per heavy atom. The first-order chi connectivity index (χ1) is 8.06. The molecule has 1 unspecified atom stereocenters. The lowest BCUT2D eigenvalue weighted by Gasteiger charge is -2.21. The zero-order valence-electron chi connectivity index (χ0n) is 10.2. The van der Waals surface area contributed by atoms with Crippen molar-refractivity contribution >= 4 is 18.4 Å². The molecule has 0 aromatic carbocycles. The fourth-order valence-corrected chi connectivity index (χ4v) is 1.57. The smallest absolute Gasteiger partial charge is 0.385 e. The van der Waals surface area contributed by atoms with E-state index in [-0.39, 0.29) is 31.9 Å². The van der Waals surface area contributed by atoms with E-state index < -0.39 is 16.4 Å². The molecule has 0 radical (unpaired) electrons. The highest BCUT2D eigenvalue weighted by atomic mass is 35.5. The maximum absolute atomic E-state index is 11.8. The summed E-state index contributed by atoms with van der Waals surface area (Å²) in [4.78, 5) is 28.9. The van der Waals surface area contributed by atoms with Gasteiger partial charge in [-0.1, -0.05) is 6.92 Å². The van der Waals surface area contributed by atoms with Crippen LogP contribution in [0.5, 0.6) is 0 Å².